The van der Waals surface area contributed by atoms with Gasteiger partial charge in [0, 0.05) is 51.4 Å². The molecule has 2 heterocycles. The first-order valence-corrected chi connectivity index (χ1v) is 16.7. The number of benzene rings is 3. The van der Waals surface area contributed by atoms with Gasteiger partial charge in [0.1, 0.15) is 17.3 Å². The first kappa shape index (κ1) is 34.5. The lowest BCUT2D eigenvalue weighted by atomic mass is 9.69. The lowest BCUT2D eigenvalue weighted by molar-refractivity contribution is -0.130. The molecule has 2 aliphatic rings. The van der Waals surface area contributed by atoms with Gasteiger partial charge in [-0.3, -0.25) is 14.4 Å². The summed E-state index contributed by atoms with van der Waals surface area (Å²) in [7, 11) is 6.84. The molecule has 11 nitrogen and oxygen atoms in total. The molecule has 258 valence electrons. The van der Waals surface area contributed by atoms with Crippen molar-refractivity contribution in [2.24, 2.45) is 0 Å². The van der Waals surface area contributed by atoms with Crippen molar-refractivity contribution in [3.05, 3.63) is 106 Å². The fourth-order valence-corrected chi connectivity index (χ4v) is 7.11. The van der Waals surface area contributed by atoms with Crippen LogP contribution in [0.25, 0.3) is 11.5 Å². The van der Waals surface area contributed by atoms with Crippen LogP contribution in [0.15, 0.2) is 65.1 Å². The monoisotopic (exact) mass is 677 g/mol. The molecule has 1 atom stereocenters. The summed E-state index contributed by atoms with van der Waals surface area (Å²) in [6.45, 7) is 0.950. The number of aromatic nitrogens is 2. The van der Waals surface area contributed by atoms with Gasteiger partial charge in [-0.15, -0.1) is 10.2 Å². The van der Waals surface area contributed by atoms with Crippen molar-refractivity contribution in [2.45, 2.75) is 43.6 Å². The molecule has 3 aromatic carbocycles. The van der Waals surface area contributed by atoms with E-state index in [1.807, 2.05) is 24.3 Å². The van der Waals surface area contributed by atoms with Crippen molar-refractivity contribution in [1.82, 2.24) is 30.2 Å². The highest BCUT2D eigenvalue weighted by Crippen LogP contribution is 2.47. The Morgan fingerprint density at radius 3 is 2.10 bits per heavy atom. The summed E-state index contributed by atoms with van der Waals surface area (Å²) in [5.74, 6) is -0.290. The van der Waals surface area contributed by atoms with E-state index >= 15 is 0 Å². The molecule has 0 radical (unpaired) electrons. The minimum atomic E-state index is -1.06. The smallest absolute Gasteiger partial charge is 0.253 e. The van der Waals surface area contributed by atoms with E-state index in [0.717, 1.165) is 28.7 Å². The number of aryl methyl sites for hydroxylation is 2. The topological polar surface area (TPSA) is 136 Å². The van der Waals surface area contributed by atoms with Gasteiger partial charge in [-0.25, -0.2) is 4.39 Å². The molecule has 1 aromatic heterocycles. The molecule has 4 aromatic rings. The Kier molecular flexibility index (Phi) is 9.79. The number of carbonyl (C=O) groups is 3. The van der Waals surface area contributed by atoms with Crippen LogP contribution in [0.1, 0.15) is 68.1 Å². The van der Waals surface area contributed by atoms with E-state index in [2.05, 4.69) is 21.6 Å². The summed E-state index contributed by atoms with van der Waals surface area (Å²) < 4.78 is 20.3. The van der Waals surface area contributed by atoms with Crippen LogP contribution >= 0.6 is 0 Å². The van der Waals surface area contributed by atoms with Crippen LogP contribution < -0.4 is 5.32 Å². The summed E-state index contributed by atoms with van der Waals surface area (Å²) in [5, 5.41) is 21.8. The first-order chi connectivity index (χ1) is 24.0. The molecule has 0 spiro atoms. The first-order valence-electron chi connectivity index (χ1n) is 16.7. The summed E-state index contributed by atoms with van der Waals surface area (Å²) >= 11 is 0. The number of likely N-dealkylation sites (tertiary alicyclic amines) is 1. The second-order valence-corrected chi connectivity index (χ2v) is 13.3. The summed E-state index contributed by atoms with van der Waals surface area (Å²) in [4.78, 5) is 44.0. The molecular formula is C38H40FN7O4. The largest absolute Gasteiger partial charge is 0.419 e. The van der Waals surface area contributed by atoms with Crippen molar-refractivity contribution in [2.75, 3.05) is 47.8 Å². The van der Waals surface area contributed by atoms with Crippen molar-refractivity contribution < 1.29 is 23.2 Å². The van der Waals surface area contributed by atoms with Gasteiger partial charge in [0.15, 0.2) is 0 Å². The predicted molar refractivity (Wildman–Crippen MR) is 184 cm³/mol. The highest BCUT2D eigenvalue weighted by atomic mass is 19.1. The van der Waals surface area contributed by atoms with Crippen LogP contribution in [0.3, 0.4) is 0 Å². The van der Waals surface area contributed by atoms with Crippen LogP contribution in [0.2, 0.25) is 0 Å². The van der Waals surface area contributed by atoms with Gasteiger partial charge in [-0.2, -0.15) is 5.26 Å². The van der Waals surface area contributed by atoms with E-state index in [0.29, 0.717) is 55.5 Å². The second-order valence-electron chi connectivity index (χ2n) is 13.3. The number of carbonyl (C=O) groups excluding carboxylic acids is 3. The molecule has 6 rings (SSSR count). The maximum atomic E-state index is 13.8. The Hall–Kier alpha value is -5.41. The van der Waals surface area contributed by atoms with E-state index in [9.17, 15) is 24.0 Å². The van der Waals surface area contributed by atoms with Crippen LogP contribution in [-0.4, -0.2) is 96.5 Å². The Bertz CT molecular complexity index is 1890. The molecule has 50 heavy (non-hydrogen) atoms. The number of halogens is 1. The quantitative estimate of drug-likeness (QED) is 0.261. The van der Waals surface area contributed by atoms with Crippen LogP contribution in [0, 0.1) is 17.1 Å². The van der Waals surface area contributed by atoms with E-state index in [1.54, 1.807) is 57.4 Å². The van der Waals surface area contributed by atoms with Crippen molar-refractivity contribution in [1.29, 1.82) is 5.26 Å². The van der Waals surface area contributed by atoms with Gasteiger partial charge in [0.05, 0.1) is 12.6 Å². The predicted octanol–water partition coefficient (Wildman–Crippen LogP) is 4.21. The highest BCUT2D eigenvalue weighted by Gasteiger charge is 2.46. The van der Waals surface area contributed by atoms with Gasteiger partial charge >= 0.3 is 0 Å². The van der Waals surface area contributed by atoms with Gasteiger partial charge in [0.25, 0.3) is 11.8 Å². The van der Waals surface area contributed by atoms with Gasteiger partial charge < -0.3 is 24.4 Å². The number of nitrogens with one attached hydrogen (secondary N) is 1. The third-order valence-electron chi connectivity index (χ3n) is 9.66. The number of amides is 3. The van der Waals surface area contributed by atoms with E-state index in [4.69, 9.17) is 4.42 Å². The average Bonchev–Trinajstić information content (AvgIpc) is 3.79. The highest BCUT2D eigenvalue weighted by molar-refractivity contribution is 5.95. The fourth-order valence-electron chi connectivity index (χ4n) is 7.11. The van der Waals surface area contributed by atoms with E-state index < -0.39 is 17.3 Å². The average molecular weight is 678 g/mol. The molecule has 3 amide bonds. The number of hydrogen-bond acceptors (Lipinski definition) is 8. The fraction of sp³-hybridized carbons (Fsp3) is 0.368. The number of rotatable bonds is 9. The van der Waals surface area contributed by atoms with Gasteiger partial charge in [-0.1, -0.05) is 12.1 Å². The molecule has 0 bridgehead atoms. The minimum Gasteiger partial charge on any atom is -0.419 e. The van der Waals surface area contributed by atoms with Crippen molar-refractivity contribution in [3.63, 3.8) is 0 Å². The third-order valence-corrected chi connectivity index (χ3v) is 9.66. The summed E-state index contributed by atoms with van der Waals surface area (Å²) in [5.41, 5.74) is 4.13. The molecule has 12 heteroatoms. The van der Waals surface area contributed by atoms with Crippen molar-refractivity contribution in [3.8, 4) is 17.5 Å². The number of hydrogen-bond donors (Lipinski definition) is 1. The molecule has 1 aliphatic carbocycles. The van der Waals surface area contributed by atoms with Crippen LogP contribution in [0.5, 0.6) is 0 Å². The minimum absolute atomic E-state index is 0.0468. The lowest BCUT2D eigenvalue weighted by Gasteiger charge is -2.34. The SMILES string of the molecule is CN(C)C(=O)c1ccc2c(c1)CCc1cc(C(=O)N(C)C)ccc1C2(CCNCC(=O)N1CCC[C@H]1C#N)c1nnc(-c2ccc(F)cc2)o1. The summed E-state index contributed by atoms with van der Waals surface area (Å²) in [6, 6.07) is 18.9. The number of nitrogens with zero attached hydrogens (tertiary/aromatic N) is 6. The lowest BCUT2D eigenvalue weighted by Crippen LogP contribution is -2.42. The third kappa shape index (κ3) is 6.48. The zero-order valence-electron chi connectivity index (χ0n) is 28.7. The van der Waals surface area contributed by atoms with Gasteiger partial charge in [0.2, 0.25) is 17.7 Å². The maximum Gasteiger partial charge on any atom is 0.253 e. The van der Waals surface area contributed by atoms with E-state index in [-0.39, 0.29) is 36.0 Å². The molecule has 1 N–H and O–H groups in total. The molecule has 0 unspecified atom stereocenters. The maximum absolute atomic E-state index is 13.8. The number of nitriles is 1. The second kappa shape index (κ2) is 14.2. The Labute approximate surface area is 290 Å². The Morgan fingerprint density at radius 1 is 0.940 bits per heavy atom. The Balaban J connectivity index is 1.48. The molecule has 1 aliphatic heterocycles. The standard InChI is InChI=1S/C38H40FN7O4/c1-44(2)35(48)27-11-15-31-25(20-27)7-8-26-21-28(36(49)45(3)4)12-16-32(26)38(31,17-18-41-23-33(47)46-19-5-6-30(46)22-40)37-43-42-34(50-37)24-9-13-29(39)14-10-24/h9-16,20-21,30,41H,5-8,17-19,23H2,1-4H3/t30-/m0/s1. The zero-order valence-corrected chi connectivity index (χ0v) is 28.7. The van der Waals surface area contributed by atoms with Crippen molar-refractivity contribution >= 4 is 17.7 Å². The summed E-state index contributed by atoms with van der Waals surface area (Å²) in [6.07, 6.45) is 2.99. The van der Waals surface area contributed by atoms with Crippen LogP contribution in [-0.2, 0) is 23.1 Å². The Morgan fingerprint density at radius 2 is 1.54 bits per heavy atom. The molecular weight excluding hydrogens is 637 g/mol. The normalized spacial score (nSPS) is 16.2. The zero-order chi connectivity index (χ0) is 35.6. The van der Waals surface area contributed by atoms with Gasteiger partial charge in [-0.05, 0) is 109 Å². The molecule has 0 saturated carbocycles. The number of fused-ring (bicyclic) bond motifs is 2. The van der Waals surface area contributed by atoms with E-state index in [1.165, 1.54) is 21.9 Å². The molecule has 1 saturated heterocycles. The van der Waals surface area contributed by atoms with Crippen LogP contribution in [0.4, 0.5) is 4.39 Å². The molecule has 1 fully saturated rings.